The van der Waals surface area contributed by atoms with Crippen LogP contribution in [0.5, 0.6) is 23.0 Å². The van der Waals surface area contributed by atoms with Gasteiger partial charge in [0.1, 0.15) is 0 Å². The van der Waals surface area contributed by atoms with Gasteiger partial charge < -0.3 is 18.9 Å². The van der Waals surface area contributed by atoms with Gasteiger partial charge in [0.05, 0.1) is 28.4 Å². The van der Waals surface area contributed by atoms with E-state index in [9.17, 15) is 4.79 Å². The van der Waals surface area contributed by atoms with Crippen molar-refractivity contribution in [2.75, 3.05) is 28.4 Å². The number of ketones is 1. The van der Waals surface area contributed by atoms with Crippen LogP contribution in [0.15, 0.2) is 47.5 Å². The molecule has 146 valence electrons. The van der Waals surface area contributed by atoms with Crippen molar-refractivity contribution in [1.82, 2.24) is 0 Å². The second kappa shape index (κ2) is 8.65. The molecule has 2 aromatic carbocycles. The summed E-state index contributed by atoms with van der Waals surface area (Å²) < 4.78 is 21.3. The molecule has 0 bridgehead atoms. The number of benzene rings is 2. The van der Waals surface area contributed by atoms with Gasteiger partial charge in [-0.05, 0) is 53.5 Å². The third-order valence-electron chi connectivity index (χ3n) is 4.73. The Kier molecular flexibility index (Phi) is 6.04. The van der Waals surface area contributed by atoms with Gasteiger partial charge in [-0.1, -0.05) is 18.2 Å². The van der Waals surface area contributed by atoms with Crippen molar-refractivity contribution in [2.24, 2.45) is 0 Å². The van der Waals surface area contributed by atoms with Gasteiger partial charge >= 0.3 is 0 Å². The summed E-state index contributed by atoms with van der Waals surface area (Å²) in [4.78, 5) is 12.5. The standard InChI is InChI=1S/C23H24O5/c1-25-20-9-5-15(13-22(20)27-3)11-17-7-8-19(24)18(17)12-16-6-10-21(26-2)23(14-16)28-4/h5-6,9-14H,7-8H2,1-4H3. The Hall–Kier alpha value is -3.21. The molecular formula is C23H24O5. The summed E-state index contributed by atoms with van der Waals surface area (Å²) in [6, 6.07) is 11.3. The molecule has 0 amide bonds. The predicted molar refractivity (Wildman–Crippen MR) is 109 cm³/mol. The van der Waals surface area contributed by atoms with Crippen molar-refractivity contribution in [2.45, 2.75) is 12.8 Å². The lowest BCUT2D eigenvalue weighted by atomic mass is 10.0. The Morgan fingerprint density at radius 2 is 1.18 bits per heavy atom. The van der Waals surface area contributed by atoms with Crippen molar-refractivity contribution in [3.05, 3.63) is 58.7 Å². The van der Waals surface area contributed by atoms with Gasteiger partial charge in [-0.3, -0.25) is 4.79 Å². The molecule has 0 aromatic heterocycles. The lowest BCUT2D eigenvalue weighted by molar-refractivity contribution is -0.114. The predicted octanol–water partition coefficient (Wildman–Crippen LogP) is 4.55. The molecule has 0 aliphatic heterocycles. The largest absolute Gasteiger partial charge is 0.493 e. The van der Waals surface area contributed by atoms with E-state index < -0.39 is 0 Å². The molecule has 0 unspecified atom stereocenters. The van der Waals surface area contributed by atoms with Crippen molar-refractivity contribution >= 4 is 17.9 Å². The summed E-state index contributed by atoms with van der Waals surface area (Å²) in [5.74, 6) is 2.76. The zero-order chi connectivity index (χ0) is 20.1. The number of hydrogen-bond donors (Lipinski definition) is 0. The molecule has 3 rings (SSSR count). The van der Waals surface area contributed by atoms with E-state index in [1.54, 1.807) is 28.4 Å². The molecule has 1 fully saturated rings. The molecule has 5 heteroatoms. The second-order valence-corrected chi connectivity index (χ2v) is 6.38. The summed E-state index contributed by atoms with van der Waals surface area (Å²) in [6.45, 7) is 0. The van der Waals surface area contributed by atoms with E-state index in [0.29, 0.717) is 35.8 Å². The van der Waals surface area contributed by atoms with Gasteiger partial charge in [-0.25, -0.2) is 0 Å². The van der Waals surface area contributed by atoms with E-state index >= 15 is 0 Å². The molecule has 1 aliphatic rings. The maximum absolute atomic E-state index is 12.5. The van der Waals surface area contributed by atoms with Crippen LogP contribution in [0, 0.1) is 0 Å². The highest BCUT2D eigenvalue weighted by atomic mass is 16.5. The average Bonchev–Trinajstić information content (AvgIpc) is 3.06. The van der Waals surface area contributed by atoms with E-state index in [0.717, 1.165) is 22.3 Å². The Balaban J connectivity index is 1.97. The van der Waals surface area contributed by atoms with Gasteiger partial charge in [0, 0.05) is 12.0 Å². The number of hydrogen-bond acceptors (Lipinski definition) is 5. The molecule has 0 saturated heterocycles. The van der Waals surface area contributed by atoms with Crippen LogP contribution in [0.1, 0.15) is 24.0 Å². The molecule has 0 heterocycles. The number of rotatable bonds is 6. The third-order valence-corrected chi connectivity index (χ3v) is 4.73. The van der Waals surface area contributed by atoms with Gasteiger partial charge in [-0.15, -0.1) is 0 Å². The van der Waals surface area contributed by atoms with Crippen LogP contribution in [0.2, 0.25) is 0 Å². The Labute approximate surface area is 165 Å². The van der Waals surface area contributed by atoms with Crippen LogP contribution in [0.3, 0.4) is 0 Å². The van der Waals surface area contributed by atoms with Crippen LogP contribution in [-0.2, 0) is 4.79 Å². The first-order valence-corrected chi connectivity index (χ1v) is 8.99. The monoisotopic (exact) mass is 380 g/mol. The minimum atomic E-state index is 0.140. The van der Waals surface area contributed by atoms with Crippen molar-refractivity contribution in [1.29, 1.82) is 0 Å². The summed E-state index contributed by atoms with van der Waals surface area (Å²) >= 11 is 0. The highest BCUT2D eigenvalue weighted by Crippen LogP contribution is 2.35. The molecule has 0 atom stereocenters. The maximum Gasteiger partial charge on any atom is 0.163 e. The fourth-order valence-corrected chi connectivity index (χ4v) is 3.27. The van der Waals surface area contributed by atoms with Gasteiger partial charge in [0.2, 0.25) is 0 Å². The Morgan fingerprint density at radius 3 is 1.68 bits per heavy atom. The number of carbonyl (C=O) groups excluding carboxylic acids is 1. The molecule has 1 aliphatic carbocycles. The topological polar surface area (TPSA) is 54.0 Å². The van der Waals surface area contributed by atoms with Crippen LogP contribution < -0.4 is 18.9 Å². The summed E-state index contributed by atoms with van der Waals surface area (Å²) in [7, 11) is 6.41. The summed E-state index contributed by atoms with van der Waals surface area (Å²) in [5.41, 5.74) is 3.58. The average molecular weight is 380 g/mol. The van der Waals surface area contributed by atoms with Crippen LogP contribution in [0.4, 0.5) is 0 Å². The molecule has 0 spiro atoms. The lowest BCUT2D eigenvalue weighted by Crippen LogP contribution is -1.95. The van der Waals surface area contributed by atoms with Crippen molar-refractivity contribution in [3.8, 4) is 23.0 Å². The summed E-state index contributed by atoms with van der Waals surface area (Å²) in [6.07, 6.45) is 5.16. The molecule has 0 radical (unpaired) electrons. The Bertz CT molecular complexity index is 940. The smallest absolute Gasteiger partial charge is 0.163 e. The van der Waals surface area contributed by atoms with E-state index in [1.807, 2.05) is 48.6 Å². The molecule has 2 aromatic rings. The van der Waals surface area contributed by atoms with Gasteiger partial charge in [0.15, 0.2) is 28.8 Å². The lowest BCUT2D eigenvalue weighted by Gasteiger charge is -2.09. The normalized spacial score (nSPS) is 16.5. The van der Waals surface area contributed by atoms with E-state index in [2.05, 4.69) is 0 Å². The first-order valence-electron chi connectivity index (χ1n) is 8.99. The molecule has 0 N–H and O–H groups in total. The maximum atomic E-state index is 12.5. The SMILES string of the molecule is COc1ccc(C=C2CCC(=O)C2=Cc2ccc(OC)c(OC)c2)cc1OC. The first kappa shape index (κ1) is 19.5. The van der Waals surface area contributed by atoms with Crippen LogP contribution in [-0.4, -0.2) is 34.2 Å². The molecule has 5 nitrogen and oxygen atoms in total. The molecule has 28 heavy (non-hydrogen) atoms. The quantitative estimate of drug-likeness (QED) is 0.688. The Morgan fingerprint density at radius 1 is 0.679 bits per heavy atom. The van der Waals surface area contributed by atoms with E-state index in [4.69, 9.17) is 18.9 Å². The number of methoxy groups -OCH3 is 4. The zero-order valence-corrected chi connectivity index (χ0v) is 16.6. The zero-order valence-electron chi connectivity index (χ0n) is 16.6. The number of allylic oxidation sites excluding steroid dienone is 2. The van der Waals surface area contributed by atoms with Gasteiger partial charge in [-0.2, -0.15) is 0 Å². The minimum Gasteiger partial charge on any atom is -0.493 e. The number of carbonyl (C=O) groups is 1. The van der Waals surface area contributed by atoms with E-state index in [1.165, 1.54) is 0 Å². The van der Waals surface area contributed by atoms with Crippen molar-refractivity contribution < 1.29 is 23.7 Å². The third kappa shape index (κ3) is 4.03. The molecule has 1 saturated carbocycles. The highest BCUT2D eigenvalue weighted by Gasteiger charge is 2.23. The minimum absolute atomic E-state index is 0.140. The number of Topliss-reactive ketones (excluding diaryl/α,β-unsaturated/α-hetero) is 1. The van der Waals surface area contributed by atoms with E-state index in [-0.39, 0.29) is 5.78 Å². The number of ether oxygens (including phenoxy) is 4. The van der Waals surface area contributed by atoms with Crippen LogP contribution in [0.25, 0.3) is 12.2 Å². The fourth-order valence-electron chi connectivity index (χ4n) is 3.27. The fraction of sp³-hybridized carbons (Fsp3) is 0.261. The summed E-state index contributed by atoms with van der Waals surface area (Å²) in [5, 5.41) is 0. The van der Waals surface area contributed by atoms with Crippen molar-refractivity contribution in [3.63, 3.8) is 0 Å². The first-order chi connectivity index (χ1) is 13.6. The molecular weight excluding hydrogens is 356 g/mol. The second-order valence-electron chi connectivity index (χ2n) is 6.38. The van der Waals surface area contributed by atoms with Gasteiger partial charge in [0.25, 0.3) is 0 Å². The van der Waals surface area contributed by atoms with Crippen LogP contribution >= 0.6 is 0 Å². The highest BCUT2D eigenvalue weighted by molar-refractivity contribution is 6.08.